The summed E-state index contributed by atoms with van der Waals surface area (Å²) < 4.78 is 70.0. The van der Waals surface area contributed by atoms with Gasteiger partial charge in [-0.1, -0.05) is 12.0 Å². The first-order chi connectivity index (χ1) is 21.8. The van der Waals surface area contributed by atoms with E-state index in [4.69, 9.17) is 13.9 Å². The first-order valence-electron chi connectivity index (χ1n) is 15.7. The summed E-state index contributed by atoms with van der Waals surface area (Å²) in [5, 5.41) is 22.1. The first kappa shape index (κ1) is 26.3. The molecule has 44 heavy (non-hydrogen) atoms. The quantitative estimate of drug-likeness (QED) is 0.303. The minimum Gasteiger partial charge on any atom is -0.508 e. The Labute approximate surface area is 255 Å². The maximum absolute atomic E-state index is 16.8. The molecule has 0 aliphatic carbocycles. The summed E-state index contributed by atoms with van der Waals surface area (Å²) in [6.07, 6.45) is 7.89. The molecule has 3 aliphatic rings. The Kier molecular flexibility index (Phi) is 6.27. The number of halogens is 3. The van der Waals surface area contributed by atoms with Crippen LogP contribution in [0.2, 0.25) is 0 Å². The average Bonchev–Trinajstić information content (AvgIpc) is 3.54. The molecule has 2 aromatic heterocycles. The number of benzene rings is 2. The third kappa shape index (κ3) is 4.77. The van der Waals surface area contributed by atoms with E-state index in [-0.39, 0.29) is 64.2 Å². The number of nitrogens with zero attached hydrogens (tertiary/aromatic N) is 5. The lowest BCUT2D eigenvalue weighted by molar-refractivity contribution is 0.0447. The van der Waals surface area contributed by atoms with Gasteiger partial charge in [0.2, 0.25) is 0 Å². The van der Waals surface area contributed by atoms with Gasteiger partial charge in [-0.2, -0.15) is 9.97 Å². The number of anilines is 1. The van der Waals surface area contributed by atoms with Gasteiger partial charge < -0.3 is 19.8 Å². The Morgan fingerprint density at radius 1 is 1.20 bits per heavy atom. The smallest absolute Gasteiger partial charge is 0.319 e. The number of alkyl halides is 1. The average molecular weight is 606 g/mol. The summed E-state index contributed by atoms with van der Waals surface area (Å²) in [6.45, 7) is 0.482. The van der Waals surface area contributed by atoms with Gasteiger partial charge in [0, 0.05) is 43.2 Å². The van der Waals surface area contributed by atoms with Gasteiger partial charge in [-0.3, -0.25) is 9.88 Å². The molecule has 2 N–H and O–H groups in total. The minimum absolute atomic E-state index is 0.0288. The summed E-state index contributed by atoms with van der Waals surface area (Å²) in [5.41, 5.74) is -2.96. The molecule has 0 unspecified atom stereocenters. The van der Waals surface area contributed by atoms with Crippen LogP contribution in [0.5, 0.6) is 11.8 Å². The number of hydrogen-bond donors (Lipinski definition) is 2. The van der Waals surface area contributed by atoms with E-state index in [2.05, 4.69) is 20.9 Å². The predicted molar refractivity (Wildman–Crippen MR) is 160 cm³/mol. The van der Waals surface area contributed by atoms with Crippen molar-refractivity contribution in [3.63, 3.8) is 0 Å². The highest BCUT2D eigenvalue weighted by Crippen LogP contribution is 2.42. The Morgan fingerprint density at radius 2 is 2.02 bits per heavy atom. The summed E-state index contributed by atoms with van der Waals surface area (Å²) in [4.78, 5) is 16.8. The number of ether oxygens (including phenoxy) is 1. The highest BCUT2D eigenvalue weighted by atomic mass is 19.1. The second-order valence-corrected chi connectivity index (χ2v) is 12.3. The molecule has 0 amide bonds. The van der Waals surface area contributed by atoms with E-state index in [1.165, 1.54) is 24.4 Å². The number of aromatic hydroxyl groups is 1. The van der Waals surface area contributed by atoms with Crippen LogP contribution in [0.15, 0.2) is 30.5 Å². The van der Waals surface area contributed by atoms with Crippen LogP contribution in [0.3, 0.4) is 0 Å². The normalized spacial score (nSPS) is 26.5. The molecule has 3 saturated heterocycles. The zero-order valence-electron chi connectivity index (χ0n) is 26.1. The van der Waals surface area contributed by atoms with Crippen molar-refractivity contribution in [3.05, 3.63) is 47.7 Å². The van der Waals surface area contributed by atoms with E-state index in [0.717, 1.165) is 6.07 Å². The van der Waals surface area contributed by atoms with Gasteiger partial charge in [0.15, 0.2) is 5.82 Å². The molecule has 11 heteroatoms. The van der Waals surface area contributed by atoms with Gasteiger partial charge in [-0.05, 0) is 62.7 Å². The predicted octanol–water partition coefficient (Wildman–Crippen LogP) is 5.12. The number of phenolic OH excluding ortho intramolecular Hbond substituents is 1. The number of β-amino-alcohol motifs (C(OH)–C–C–N with tert-alkyl or cyclic N) is 1. The maximum Gasteiger partial charge on any atom is 0.319 e. The number of pyridine rings is 1. The number of rotatable bonds is 5. The molecular weight excluding hydrogens is 571 g/mol. The fourth-order valence-corrected chi connectivity index (χ4v) is 7.05. The van der Waals surface area contributed by atoms with E-state index in [1.807, 2.05) is 0 Å². The lowest BCUT2D eigenvalue weighted by Crippen LogP contribution is -2.46. The second kappa shape index (κ2) is 10.5. The molecule has 5 heterocycles. The summed E-state index contributed by atoms with van der Waals surface area (Å²) in [5.74, 6) is 0.606. The lowest BCUT2D eigenvalue weighted by atomic mass is 9.94. The van der Waals surface area contributed by atoms with Crippen LogP contribution in [0.4, 0.5) is 19.0 Å². The highest BCUT2D eigenvalue weighted by molar-refractivity contribution is 6.03. The van der Waals surface area contributed by atoms with Crippen LogP contribution in [-0.2, 0) is 0 Å². The number of aromatic nitrogens is 3. The molecule has 3 fully saturated rings. The molecule has 7 rings (SSSR count). The van der Waals surface area contributed by atoms with Crippen molar-refractivity contribution in [3.8, 4) is 35.4 Å². The summed E-state index contributed by atoms with van der Waals surface area (Å²) in [6, 6.07) is 4.73. The second-order valence-electron chi connectivity index (χ2n) is 12.3. The van der Waals surface area contributed by atoms with E-state index in [1.54, 1.807) is 16.7 Å². The fraction of sp³-hybridized carbons (Fsp3) is 0.424. The first-order valence-corrected chi connectivity index (χ1v) is 14.7. The third-order valence-electron chi connectivity index (χ3n) is 9.00. The molecule has 3 aliphatic heterocycles. The summed E-state index contributed by atoms with van der Waals surface area (Å²) in [7, 11) is 0. The van der Waals surface area contributed by atoms with Crippen LogP contribution in [0.1, 0.15) is 47.3 Å². The number of piperidine rings is 1. The number of phenols is 1. The van der Waals surface area contributed by atoms with Gasteiger partial charge in [0.1, 0.15) is 41.3 Å². The monoisotopic (exact) mass is 605 g/mol. The zero-order chi connectivity index (χ0) is 32.6. The lowest BCUT2D eigenvalue weighted by Gasteiger charge is -2.38. The molecule has 8 nitrogen and oxygen atoms in total. The van der Waals surface area contributed by atoms with Crippen LogP contribution in [0, 0.1) is 24.0 Å². The Hall–Kier alpha value is -4.14. The van der Waals surface area contributed by atoms with Crippen molar-refractivity contribution in [1.29, 1.82) is 0 Å². The van der Waals surface area contributed by atoms with Crippen molar-refractivity contribution >= 4 is 27.5 Å². The zero-order valence-corrected chi connectivity index (χ0v) is 24.1. The van der Waals surface area contributed by atoms with Crippen molar-refractivity contribution < 1.29 is 30.9 Å². The van der Waals surface area contributed by atoms with Gasteiger partial charge in [-0.25, -0.2) is 13.2 Å². The largest absolute Gasteiger partial charge is 0.508 e. The molecule has 0 bridgehead atoms. The standard InChI is InChI=1S/C33H32F3N5O3/c1-3-22-25(35)7-6-19-12-21(42)13-23(26(19)22)28-27(36)29-24(15-37-28)30(40-10-4-8-32(2,43)17-40)39-31(38-29)44-18-33-9-5-11-41(33)16-20(34)14-33/h1,6-7,12-13,15,20,42-43H,4-5,8-11,14,16-18H2,2H3/t20-,32-,33+/m1/s1/i18D2. The molecular formula is C33H32F3N5O3. The van der Waals surface area contributed by atoms with Gasteiger partial charge in [-0.15, -0.1) is 6.42 Å². The Bertz CT molecular complexity index is 1940. The highest BCUT2D eigenvalue weighted by Gasteiger charge is 2.49. The third-order valence-corrected chi connectivity index (χ3v) is 9.00. The molecule has 2 aromatic carbocycles. The van der Waals surface area contributed by atoms with Crippen molar-refractivity contribution in [2.24, 2.45) is 0 Å². The Morgan fingerprint density at radius 3 is 2.82 bits per heavy atom. The van der Waals surface area contributed by atoms with Crippen molar-refractivity contribution in [2.45, 2.75) is 56.3 Å². The molecule has 228 valence electrons. The molecule has 0 saturated carbocycles. The molecule has 3 atom stereocenters. The molecule has 0 radical (unpaired) electrons. The Balaban J connectivity index is 1.43. The van der Waals surface area contributed by atoms with E-state index < -0.39 is 41.5 Å². The van der Waals surface area contributed by atoms with E-state index >= 15 is 4.39 Å². The van der Waals surface area contributed by atoms with Crippen molar-refractivity contribution in [1.82, 2.24) is 19.9 Å². The maximum atomic E-state index is 16.8. The minimum atomic E-state index is -2.43. The fourth-order valence-electron chi connectivity index (χ4n) is 7.05. The van der Waals surface area contributed by atoms with Crippen LogP contribution in [0.25, 0.3) is 32.9 Å². The van der Waals surface area contributed by atoms with Gasteiger partial charge >= 0.3 is 6.01 Å². The number of fused-ring (bicyclic) bond motifs is 3. The molecule has 4 aromatic rings. The van der Waals surface area contributed by atoms with Crippen molar-refractivity contribution in [2.75, 3.05) is 37.6 Å². The van der Waals surface area contributed by atoms with Crippen LogP contribution < -0.4 is 9.64 Å². The van der Waals surface area contributed by atoms with Crippen LogP contribution >= 0.6 is 0 Å². The van der Waals surface area contributed by atoms with Crippen LogP contribution in [-0.4, -0.2) is 80.1 Å². The number of hydrogen-bond acceptors (Lipinski definition) is 8. The number of aliphatic hydroxyl groups is 1. The summed E-state index contributed by atoms with van der Waals surface area (Å²) >= 11 is 0. The van der Waals surface area contributed by atoms with E-state index in [9.17, 15) is 19.0 Å². The number of terminal acetylenes is 1. The SMILES string of the molecule is [2H]C([2H])(Oc1nc(N2CCC[C@@](C)(O)C2)c2cnc(-c3cc(O)cc4ccc(F)c(C#C)c34)c(F)c2n1)[C@@]12CCCN1C[C@H](F)C2. The molecule has 0 spiro atoms. The van der Waals surface area contributed by atoms with Gasteiger partial charge in [0.25, 0.3) is 0 Å². The van der Waals surface area contributed by atoms with E-state index in [0.29, 0.717) is 44.2 Å². The topological polar surface area (TPSA) is 94.8 Å². The van der Waals surface area contributed by atoms with Gasteiger partial charge in [0.05, 0.1) is 24.8 Å².